The van der Waals surface area contributed by atoms with Crippen LogP contribution >= 0.6 is 0 Å². The van der Waals surface area contributed by atoms with Gasteiger partial charge in [-0.05, 0) is 42.3 Å². The minimum atomic E-state index is -0.545. The van der Waals surface area contributed by atoms with Gasteiger partial charge in [-0.25, -0.2) is 4.39 Å². The highest BCUT2D eigenvalue weighted by Gasteiger charge is 2.35. The van der Waals surface area contributed by atoms with Crippen LogP contribution in [-0.2, 0) is 20.8 Å². The predicted molar refractivity (Wildman–Crippen MR) is 115 cm³/mol. The van der Waals surface area contributed by atoms with Crippen molar-refractivity contribution in [2.45, 2.75) is 12.8 Å². The molecular weight excluding hydrogens is 399 g/mol. The average molecular weight is 422 g/mol. The lowest BCUT2D eigenvalue weighted by atomic mass is 10.1. The van der Waals surface area contributed by atoms with Gasteiger partial charge in [0, 0.05) is 42.3 Å². The number of halogens is 1. The number of hydrogen-bond donors (Lipinski definition) is 3. The van der Waals surface area contributed by atoms with E-state index < -0.39 is 5.92 Å². The van der Waals surface area contributed by atoms with Gasteiger partial charge in [-0.1, -0.05) is 18.2 Å². The van der Waals surface area contributed by atoms with Gasteiger partial charge in [0.05, 0.1) is 12.5 Å². The minimum absolute atomic E-state index is 0.0609. The Balaban J connectivity index is 1.22. The Hall–Kier alpha value is -3.68. The van der Waals surface area contributed by atoms with Gasteiger partial charge in [0.15, 0.2) is 0 Å². The summed E-state index contributed by atoms with van der Waals surface area (Å²) in [5.41, 5.74) is 2.72. The van der Waals surface area contributed by atoms with E-state index in [0.717, 1.165) is 16.5 Å². The van der Waals surface area contributed by atoms with Crippen molar-refractivity contribution in [1.29, 1.82) is 0 Å². The summed E-state index contributed by atoms with van der Waals surface area (Å²) in [5.74, 6) is -1.76. The van der Waals surface area contributed by atoms with Crippen LogP contribution in [-0.4, -0.2) is 42.3 Å². The SMILES string of the molecule is O=C(CNC(=O)[C@@H]1CC(=O)N(c2ccc(F)cc2)C1)NCCc1c[nH]c2ccccc12. The van der Waals surface area contributed by atoms with Crippen molar-refractivity contribution in [2.24, 2.45) is 5.92 Å². The maximum atomic E-state index is 13.1. The Labute approximate surface area is 178 Å². The van der Waals surface area contributed by atoms with Crippen LogP contribution in [0.3, 0.4) is 0 Å². The van der Waals surface area contributed by atoms with Crippen LogP contribution in [0, 0.1) is 11.7 Å². The molecule has 1 aliphatic rings. The number of nitrogens with one attached hydrogen (secondary N) is 3. The average Bonchev–Trinajstić information content (AvgIpc) is 3.36. The summed E-state index contributed by atoms with van der Waals surface area (Å²) in [6, 6.07) is 13.5. The first-order valence-electron chi connectivity index (χ1n) is 10.2. The largest absolute Gasteiger partial charge is 0.361 e. The molecule has 4 rings (SSSR count). The molecule has 1 saturated heterocycles. The minimum Gasteiger partial charge on any atom is -0.361 e. The normalized spacial score (nSPS) is 16.0. The van der Waals surface area contributed by atoms with Crippen molar-refractivity contribution in [2.75, 3.05) is 24.5 Å². The highest BCUT2D eigenvalue weighted by atomic mass is 19.1. The number of hydrogen-bond acceptors (Lipinski definition) is 3. The van der Waals surface area contributed by atoms with Gasteiger partial charge in [0.1, 0.15) is 5.82 Å². The first kappa shape index (κ1) is 20.6. The number of carbonyl (C=O) groups excluding carboxylic acids is 3. The Morgan fingerprint density at radius 2 is 1.87 bits per heavy atom. The van der Waals surface area contributed by atoms with Gasteiger partial charge in [0.25, 0.3) is 0 Å². The molecule has 31 heavy (non-hydrogen) atoms. The zero-order chi connectivity index (χ0) is 21.8. The van der Waals surface area contributed by atoms with Crippen molar-refractivity contribution in [1.82, 2.24) is 15.6 Å². The van der Waals surface area contributed by atoms with Gasteiger partial charge in [-0.2, -0.15) is 0 Å². The van der Waals surface area contributed by atoms with Gasteiger partial charge in [-0.15, -0.1) is 0 Å². The molecule has 160 valence electrons. The molecule has 3 N–H and O–H groups in total. The van der Waals surface area contributed by atoms with Crippen LogP contribution in [0.2, 0.25) is 0 Å². The number of fused-ring (bicyclic) bond motifs is 1. The third kappa shape index (κ3) is 4.74. The Bertz CT molecular complexity index is 1110. The number of anilines is 1. The molecule has 0 unspecified atom stereocenters. The molecule has 7 nitrogen and oxygen atoms in total. The van der Waals surface area contributed by atoms with Crippen molar-refractivity contribution in [3.8, 4) is 0 Å². The van der Waals surface area contributed by atoms with E-state index in [9.17, 15) is 18.8 Å². The van der Waals surface area contributed by atoms with Crippen LogP contribution in [0.15, 0.2) is 54.7 Å². The second-order valence-corrected chi connectivity index (χ2v) is 7.56. The van der Waals surface area contributed by atoms with Gasteiger partial charge >= 0.3 is 0 Å². The number of amides is 3. The van der Waals surface area contributed by atoms with Crippen molar-refractivity contribution < 1.29 is 18.8 Å². The third-order valence-electron chi connectivity index (χ3n) is 5.45. The standard InChI is InChI=1S/C23H23FN4O3/c24-17-5-7-18(8-6-17)28-14-16(11-22(28)30)23(31)27-13-21(29)25-10-9-15-12-26-20-4-2-1-3-19(15)20/h1-8,12,16,26H,9-11,13-14H2,(H,25,29)(H,27,31)/t16-/m1/s1. The molecule has 0 aliphatic carbocycles. The van der Waals surface area contributed by atoms with E-state index in [1.54, 1.807) is 0 Å². The lowest BCUT2D eigenvalue weighted by molar-refractivity contribution is -0.128. The van der Waals surface area contributed by atoms with Gasteiger partial charge in [-0.3, -0.25) is 14.4 Å². The molecule has 1 atom stereocenters. The number of H-pyrrole nitrogens is 1. The summed E-state index contributed by atoms with van der Waals surface area (Å²) in [6.07, 6.45) is 2.67. The van der Waals surface area contributed by atoms with E-state index in [0.29, 0.717) is 18.7 Å². The Morgan fingerprint density at radius 1 is 1.10 bits per heavy atom. The molecule has 1 aromatic heterocycles. The van der Waals surface area contributed by atoms with E-state index in [2.05, 4.69) is 15.6 Å². The molecule has 0 bridgehead atoms. The molecule has 2 aromatic carbocycles. The lowest BCUT2D eigenvalue weighted by Gasteiger charge is -2.16. The van der Waals surface area contributed by atoms with E-state index >= 15 is 0 Å². The maximum absolute atomic E-state index is 13.1. The summed E-state index contributed by atoms with van der Waals surface area (Å²) in [4.78, 5) is 41.4. The van der Waals surface area contributed by atoms with Crippen LogP contribution in [0.5, 0.6) is 0 Å². The fourth-order valence-corrected chi connectivity index (χ4v) is 3.80. The zero-order valence-electron chi connectivity index (χ0n) is 16.9. The molecule has 1 fully saturated rings. The summed E-state index contributed by atoms with van der Waals surface area (Å²) in [5, 5.41) is 6.53. The molecule has 0 saturated carbocycles. The third-order valence-corrected chi connectivity index (χ3v) is 5.45. The van der Waals surface area contributed by atoms with Crippen LogP contribution < -0.4 is 15.5 Å². The fourth-order valence-electron chi connectivity index (χ4n) is 3.80. The van der Waals surface area contributed by atoms with E-state index in [4.69, 9.17) is 0 Å². The van der Waals surface area contributed by atoms with Crippen LogP contribution in [0.1, 0.15) is 12.0 Å². The molecule has 1 aliphatic heterocycles. The predicted octanol–water partition coefficient (Wildman–Crippen LogP) is 2.14. The topological polar surface area (TPSA) is 94.3 Å². The summed E-state index contributed by atoms with van der Waals surface area (Å²) in [7, 11) is 0. The smallest absolute Gasteiger partial charge is 0.239 e. The van der Waals surface area contributed by atoms with E-state index in [1.165, 1.54) is 29.2 Å². The van der Waals surface area contributed by atoms with E-state index in [1.807, 2.05) is 30.5 Å². The second kappa shape index (κ2) is 8.99. The molecule has 3 aromatic rings. The molecule has 2 heterocycles. The van der Waals surface area contributed by atoms with Crippen LogP contribution in [0.4, 0.5) is 10.1 Å². The number of rotatable bonds is 7. The first-order valence-corrected chi connectivity index (χ1v) is 10.2. The van der Waals surface area contributed by atoms with Crippen molar-refractivity contribution in [3.63, 3.8) is 0 Å². The van der Waals surface area contributed by atoms with Gasteiger partial charge in [0.2, 0.25) is 17.7 Å². The van der Waals surface area contributed by atoms with Gasteiger partial charge < -0.3 is 20.5 Å². The molecule has 0 radical (unpaired) electrons. The molecule has 8 heteroatoms. The number of carbonyl (C=O) groups is 3. The number of aromatic amines is 1. The number of aromatic nitrogens is 1. The van der Waals surface area contributed by atoms with E-state index in [-0.39, 0.29) is 43.0 Å². The summed E-state index contributed by atoms with van der Waals surface area (Å²) >= 11 is 0. The highest BCUT2D eigenvalue weighted by molar-refractivity contribution is 6.00. The Morgan fingerprint density at radius 3 is 2.68 bits per heavy atom. The fraction of sp³-hybridized carbons (Fsp3) is 0.261. The summed E-state index contributed by atoms with van der Waals surface area (Å²) in [6.45, 7) is 0.517. The molecule has 0 spiro atoms. The van der Waals surface area contributed by atoms with Crippen molar-refractivity contribution >= 4 is 34.3 Å². The number of benzene rings is 2. The van der Waals surface area contributed by atoms with Crippen LogP contribution in [0.25, 0.3) is 10.9 Å². The number of nitrogens with zero attached hydrogens (tertiary/aromatic N) is 1. The summed E-state index contributed by atoms with van der Waals surface area (Å²) < 4.78 is 13.1. The first-order chi connectivity index (χ1) is 15.0. The quantitative estimate of drug-likeness (QED) is 0.545. The second-order valence-electron chi connectivity index (χ2n) is 7.56. The maximum Gasteiger partial charge on any atom is 0.239 e. The Kier molecular flexibility index (Phi) is 5.97. The lowest BCUT2D eigenvalue weighted by Crippen LogP contribution is -2.40. The highest BCUT2D eigenvalue weighted by Crippen LogP contribution is 2.25. The molecular formula is C23H23FN4O3. The van der Waals surface area contributed by atoms with Crippen molar-refractivity contribution in [3.05, 3.63) is 66.1 Å². The zero-order valence-corrected chi connectivity index (χ0v) is 16.9. The number of para-hydroxylation sites is 1. The monoisotopic (exact) mass is 422 g/mol. The molecule has 3 amide bonds.